The minimum absolute atomic E-state index is 0.152. The van der Waals surface area contributed by atoms with E-state index in [4.69, 9.17) is 5.73 Å². The molecule has 1 saturated heterocycles. The number of likely N-dealkylation sites (tertiary alicyclic amines) is 1. The predicted molar refractivity (Wildman–Crippen MR) is 87.0 cm³/mol. The lowest BCUT2D eigenvalue weighted by Crippen LogP contribution is -2.60. The summed E-state index contributed by atoms with van der Waals surface area (Å²) < 4.78 is 0. The Kier molecular flexibility index (Phi) is 4.99. The molecular weight excluding hydrogens is 262 g/mol. The molecule has 3 N–H and O–H groups in total. The number of primary amides is 1. The predicted octanol–water partition coefficient (Wildman–Crippen LogP) is 2.13. The maximum atomic E-state index is 12.1. The summed E-state index contributed by atoms with van der Waals surface area (Å²) in [6.45, 7) is 12.4. The number of carbonyl (C=O) groups is 1. The van der Waals surface area contributed by atoms with E-state index in [1.807, 2.05) is 0 Å². The summed E-state index contributed by atoms with van der Waals surface area (Å²) in [6, 6.07) is 0.295. The molecule has 0 radical (unpaired) electrons. The Hall–Kier alpha value is -0.610. The van der Waals surface area contributed by atoms with Gasteiger partial charge in [-0.05, 0) is 64.0 Å². The third-order valence-electron chi connectivity index (χ3n) is 5.36. The average Bonchev–Trinajstić information content (AvgIpc) is 2.90. The van der Waals surface area contributed by atoms with Gasteiger partial charge < -0.3 is 16.0 Å². The van der Waals surface area contributed by atoms with Gasteiger partial charge in [0.05, 0.1) is 0 Å². The van der Waals surface area contributed by atoms with Crippen LogP contribution in [0.15, 0.2) is 0 Å². The molecule has 0 aromatic heterocycles. The molecule has 1 amide bonds. The second-order valence-electron chi connectivity index (χ2n) is 8.20. The summed E-state index contributed by atoms with van der Waals surface area (Å²) in [6.07, 6.45) is 5.50. The highest BCUT2D eigenvalue weighted by Gasteiger charge is 2.47. The number of rotatable bonds is 6. The summed E-state index contributed by atoms with van der Waals surface area (Å²) in [4.78, 5) is 14.7. The standard InChI is InChI=1S/C17H33N3O/c1-13(2)19-17(15(18)21)8-5-6-14(17)7-10-20-11-9-16(3,4)12-20/h13-14,19H,5-12H2,1-4H3,(H2,18,21). The molecule has 1 saturated carbocycles. The molecule has 0 bridgehead atoms. The van der Waals surface area contributed by atoms with E-state index in [1.165, 1.54) is 19.5 Å². The van der Waals surface area contributed by atoms with Crippen LogP contribution >= 0.6 is 0 Å². The fraction of sp³-hybridized carbons (Fsp3) is 0.941. The van der Waals surface area contributed by atoms with Crippen LogP contribution < -0.4 is 11.1 Å². The van der Waals surface area contributed by atoms with E-state index < -0.39 is 5.54 Å². The van der Waals surface area contributed by atoms with Crippen molar-refractivity contribution in [1.29, 1.82) is 0 Å². The van der Waals surface area contributed by atoms with Crippen molar-refractivity contribution in [2.75, 3.05) is 19.6 Å². The highest BCUT2D eigenvalue weighted by Crippen LogP contribution is 2.39. The number of nitrogens with two attached hydrogens (primary N) is 1. The van der Waals surface area contributed by atoms with Crippen LogP contribution in [0.2, 0.25) is 0 Å². The molecule has 1 aliphatic carbocycles. The van der Waals surface area contributed by atoms with Gasteiger partial charge in [-0.15, -0.1) is 0 Å². The zero-order valence-electron chi connectivity index (χ0n) is 14.2. The molecule has 2 fully saturated rings. The Labute approximate surface area is 129 Å². The van der Waals surface area contributed by atoms with Gasteiger partial charge in [-0.25, -0.2) is 0 Å². The third kappa shape index (κ3) is 3.78. The van der Waals surface area contributed by atoms with E-state index in [0.717, 1.165) is 32.2 Å². The molecule has 2 aliphatic rings. The van der Waals surface area contributed by atoms with Crippen LogP contribution in [0.3, 0.4) is 0 Å². The molecule has 1 aliphatic heterocycles. The van der Waals surface area contributed by atoms with Crippen LogP contribution in [0.5, 0.6) is 0 Å². The largest absolute Gasteiger partial charge is 0.368 e. The minimum Gasteiger partial charge on any atom is -0.368 e. The van der Waals surface area contributed by atoms with Gasteiger partial charge in [-0.2, -0.15) is 0 Å². The number of hydrogen-bond donors (Lipinski definition) is 2. The molecule has 2 atom stereocenters. The first-order chi connectivity index (χ1) is 9.75. The molecule has 0 spiro atoms. The van der Waals surface area contributed by atoms with E-state index >= 15 is 0 Å². The maximum Gasteiger partial charge on any atom is 0.238 e. The summed E-state index contributed by atoms with van der Waals surface area (Å²) in [5.41, 5.74) is 5.77. The monoisotopic (exact) mass is 295 g/mol. The summed E-state index contributed by atoms with van der Waals surface area (Å²) in [5, 5.41) is 3.50. The van der Waals surface area contributed by atoms with Crippen molar-refractivity contribution < 1.29 is 4.79 Å². The van der Waals surface area contributed by atoms with E-state index in [-0.39, 0.29) is 5.91 Å². The van der Waals surface area contributed by atoms with Gasteiger partial charge in [0.1, 0.15) is 5.54 Å². The van der Waals surface area contributed by atoms with Crippen molar-refractivity contribution in [2.45, 2.75) is 71.4 Å². The first-order valence-corrected chi connectivity index (χ1v) is 8.55. The molecule has 21 heavy (non-hydrogen) atoms. The van der Waals surface area contributed by atoms with Crippen molar-refractivity contribution in [3.63, 3.8) is 0 Å². The zero-order chi connectivity index (χ0) is 15.7. The van der Waals surface area contributed by atoms with Crippen LogP contribution in [0, 0.1) is 11.3 Å². The van der Waals surface area contributed by atoms with Crippen molar-refractivity contribution in [3.8, 4) is 0 Å². The summed E-state index contributed by atoms with van der Waals surface area (Å²) in [5.74, 6) is 0.238. The molecule has 0 aromatic rings. The average molecular weight is 295 g/mol. The Morgan fingerprint density at radius 3 is 2.62 bits per heavy atom. The number of nitrogens with one attached hydrogen (secondary N) is 1. The smallest absolute Gasteiger partial charge is 0.238 e. The van der Waals surface area contributed by atoms with E-state index in [1.54, 1.807) is 0 Å². The van der Waals surface area contributed by atoms with Gasteiger partial charge in [0, 0.05) is 12.6 Å². The molecule has 4 nitrogen and oxygen atoms in total. The van der Waals surface area contributed by atoms with Gasteiger partial charge in [0.15, 0.2) is 0 Å². The molecule has 2 rings (SSSR count). The van der Waals surface area contributed by atoms with Crippen molar-refractivity contribution in [1.82, 2.24) is 10.2 Å². The molecule has 4 heteroatoms. The number of carbonyl (C=O) groups excluding carboxylic acids is 1. The van der Waals surface area contributed by atoms with Crippen LogP contribution in [0.25, 0.3) is 0 Å². The SMILES string of the molecule is CC(C)NC1(C(N)=O)CCCC1CCN1CCC(C)(C)C1. The van der Waals surface area contributed by atoms with Gasteiger partial charge in [-0.1, -0.05) is 20.3 Å². The third-order valence-corrected chi connectivity index (χ3v) is 5.36. The Balaban J connectivity index is 1.96. The lowest BCUT2D eigenvalue weighted by Gasteiger charge is -2.36. The summed E-state index contributed by atoms with van der Waals surface area (Å²) >= 11 is 0. The highest BCUT2D eigenvalue weighted by atomic mass is 16.1. The molecule has 0 aromatic carbocycles. The lowest BCUT2D eigenvalue weighted by atomic mass is 9.83. The quantitative estimate of drug-likeness (QED) is 0.789. The first kappa shape index (κ1) is 16.8. The summed E-state index contributed by atoms with van der Waals surface area (Å²) in [7, 11) is 0. The Bertz CT molecular complexity index is 380. The van der Waals surface area contributed by atoms with Crippen molar-refractivity contribution in [3.05, 3.63) is 0 Å². The Morgan fingerprint density at radius 1 is 1.38 bits per heavy atom. The fourth-order valence-electron chi connectivity index (χ4n) is 4.32. The molecular formula is C17H33N3O. The maximum absolute atomic E-state index is 12.1. The second-order valence-corrected chi connectivity index (χ2v) is 8.20. The van der Waals surface area contributed by atoms with Crippen LogP contribution in [0.4, 0.5) is 0 Å². The number of amides is 1. The lowest BCUT2D eigenvalue weighted by molar-refractivity contribution is -0.126. The van der Waals surface area contributed by atoms with Gasteiger partial charge in [-0.3, -0.25) is 4.79 Å². The second kappa shape index (κ2) is 6.25. The number of hydrogen-bond acceptors (Lipinski definition) is 3. The van der Waals surface area contributed by atoms with E-state index in [2.05, 4.69) is 37.9 Å². The Morgan fingerprint density at radius 2 is 2.10 bits per heavy atom. The van der Waals surface area contributed by atoms with Crippen molar-refractivity contribution in [2.24, 2.45) is 17.1 Å². The minimum atomic E-state index is -0.469. The molecule has 1 heterocycles. The highest BCUT2D eigenvalue weighted by molar-refractivity contribution is 5.85. The van der Waals surface area contributed by atoms with Gasteiger partial charge >= 0.3 is 0 Å². The zero-order valence-corrected chi connectivity index (χ0v) is 14.2. The van der Waals surface area contributed by atoms with Crippen LogP contribution in [-0.2, 0) is 4.79 Å². The van der Waals surface area contributed by atoms with Crippen molar-refractivity contribution >= 4 is 5.91 Å². The number of nitrogens with zero attached hydrogens (tertiary/aromatic N) is 1. The van der Waals surface area contributed by atoms with Crippen LogP contribution in [-0.4, -0.2) is 42.0 Å². The molecule has 122 valence electrons. The topological polar surface area (TPSA) is 58.4 Å². The van der Waals surface area contributed by atoms with E-state index in [0.29, 0.717) is 17.4 Å². The molecule has 2 unspecified atom stereocenters. The normalized spacial score (nSPS) is 32.9. The first-order valence-electron chi connectivity index (χ1n) is 8.55. The van der Waals surface area contributed by atoms with Gasteiger partial charge in [0.2, 0.25) is 5.91 Å². The van der Waals surface area contributed by atoms with E-state index in [9.17, 15) is 4.79 Å². The van der Waals surface area contributed by atoms with Gasteiger partial charge in [0.25, 0.3) is 0 Å². The fourth-order valence-corrected chi connectivity index (χ4v) is 4.32. The van der Waals surface area contributed by atoms with Crippen LogP contribution in [0.1, 0.15) is 59.8 Å².